The first-order valence-electron chi connectivity index (χ1n) is 9.30. The molecule has 0 aliphatic carbocycles. The molecule has 0 radical (unpaired) electrons. The lowest BCUT2D eigenvalue weighted by molar-refractivity contribution is -0.137. The number of H-pyrrole nitrogens is 1. The van der Waals surface area contributed by atoms with Crippen molar-refractivity contribution in [1.29, 1.82) is 0 Å². The molecule has 35 heavy (non-hydrogen) atoms. The van der Waals surface area contributed by atoms with Crippen LogP contribution in [0.25, 0.3) is 0 Å². The summed E-state index contributed by atoms with van der Waals surface area (Å²) >= 11 is 6.52. The molecule has 0 saturated heterocycles. The van der Waals surface area contributed by atoms with E-state index < -0.39 is 58.0 Å². The number of rotatable bonds is 6. The van der Waals surface area contributed by atoms with E-state index in [0.29, 0.717) is 23.9 Å². The molecule has 3 aromatic rings. The number of hydrogen-bond donors (Lipinski definition) is 4. The molecule has 3 rings (SSSR count). The molecule has 0 aliphatic heterocycles. The minimum Gasteiger partial charge on any atom is -0.382 e. The predicted molar refractivity (Wildman–Crippen MR) is 119 cm³/mol. The van der Waals surface area contributed by atoms with Crippen molar-refractivity contribution in [3.63, 3.8) is 0 Å². The van der Waals surface area contributed by atoms with E-state index in [-0.39, 0.29) is 21.4 Å². The van der Waals surface area contributed by atoms with Crippen LogP contribution in [-0.2, 0) is 11.0 Å². The summed E-state index contributed by atoms with van der Waals surface area (Å²) in [6.07, 6.45) is -4.64. The smallest absolute Gasteiger partial charge is 0.382 e. The van der Waals surface area contributed by atoms with Crippen molar-refractivity contribution < 1.29 is 31.5 Å². The maximum absolute atomic E-state index is 13.3. The number of carbonyl (C=O) groups excluding carboxylic acids is 2. The summed E-state index contributed by atoms with van der Waals surface area (Å²) in [6.45, 7) is 0. The second kappa shape index (κ2) is 10.3. The van der Waals surface area contributed by atoms with Gasteiger partial charge in [-0.1, -0.05) is 23.4 Å². The number of nitrogens with zero attached hydrogens (tertiary/aromatic N) is 1. The SMILES string of the molecule is Nc1nc(SCC(=O)Nc2cc(C(F)(F)F)ccc2Cl)[nH]c(=O)c1NC(=O)c1ccc(F)c(F)c1. The van der Waals surface area contributed by atoms with Crippen molar-refractivity contribution in [2.45, 2.75) is 11.3 Å². The van der Waals surface area contributed by atoms with E-state index in [0.717, 1.165) is 24.3 Å². The number of aromatic amines is 1. The van der Waals surface area contributed by atoms with Crippen LogP contribution < -0.4 is 21.9 Å². The maximum Gasteiger partial charge on any atom is 0.416 e. The fourth-order valence-electron chi connectivity index (χ4n) is 2.60. The van der Waals surface area contributed by atoms with Gasteiger partial charge in [-0.3, -0.25) is 19.4 Å². The third kappa shape index (κ3) is 6.48. The van der Waals surface area contributed by atoms with Gasteiger partial charge in [0.15, 0.2) is 22.6 Å². The minimum atomic E-state index is -4.64. The van der Waals surface area contributed by atoms with Crippen molar-refractivity contribution in [1.82, 2.24) is 9.97 Å². The van der Waals surface area contributed by atoms with Crippen molar-refractivity contribution in [2.24, 2.45) is 0 Å². The summed E-state index contributed by atoms with van der Waals surface area (Å²) in [5.74, 6) is -4.98. The van der Waals surface area contributed by atoms with Gasteiger partial charge in [-0.2, -0.15) is 13.2 Å². The van der Waals surface area contributed by atoms with Gasteiger partial charge >= 0.3 is 6.18 Å². The Hall–Kier alpha value is -3.65. The highest BCUT2D eigenvalue weighted by atomic mass is 35.5. The fraction of sp³-hybridized carbons (Fsp3) is 0.100. The highest BCUT2D eigenvalue weighted by Crippen LogP contribution is 2.34. The van der Waals surface area contributed by atoms with Crippen LogP contribution in [0, 0.1) is 11.6 Å². The average molecular weight is 534 g/mol. The van der Waals surface area contributed by atoms with Gasteiger partial charge < -0.3 is 16.4 Å². The lowest BCUT2D eigenvalue weighted by Crippen LogP contribution is -2.23. The van der Waals surface area contributed by atoms with E-state index in [2.05, 4.69) is 20.6 Å². The van der Waals surface area contributed by atoms with Crippen molar-refractivity contribution in [3.05, 3.63) is 74.5 Å². The Morgan fingerprint density at radius 2 is 1.80 bits per heavy atom. The van der Waals surface area contributed by atoms with Crippen LogP contribution in [0.1, 0.15) is 15.9 Å². The van der Waals surface area contributed by atoms with E-state index in [9.17, 15) is 36.3 Å². The van der Waals surface area contributed by atoms with Crippen LogP contribution in [0.3, 0.4) is 0 Å². The lowest BCUT2D eigenvalue weighted by Gasteiger charge is -2.12. The number of nitrogens with one attached hydrogen (secondary N) is 3. The summed E-state index contributed by atoms with van der Waals surface area (Å²) < 4.78 is 64.9. The molecule has 184 valence electrons. The Balaban J connectivity index is 1.67. The molecule has 15 heteroatoms. The number of carbonyl (C=O) groups is 2. The van der Waals surface area contributed by atoms with Crippen LogP contribution in [0.5, 0.6) is 0 Å². The number of aromatic nitrogens is 2. The third-order valence-electron chi connectivity index (χ3n) is 4.25. The Labute approximate surface area is 202 Å². The van der Waals surface area contributed by atoms with Gasteiger partial charge in [-0.25, -0.2) is 13.8 Å². The third-order valence-corrected chi connectivity index (χ3v) is 5.46. The van der Waals surface area contributed by atoms with Gasteiger partial charge in [0.2, 0.25) is 5.91 Å². The Bertz CT molecular complexity index is 1370. The molecule has 0 spiro atoms. The number of hydrogen-bond acceptors (Lipinski definition) is 6. The van der Waals surface area contributed by atoms with Crippen LogP contribution in [0.15, 0.2) is 46.3 Å². The van der Waals surface area contributed by atoms with Gasteiger partial charge in [0.05, 0.1) is 22.0 Å². The van der Waals surface area contributed by atoms with Crippen molar-refractivity contribution in [2.75, 3.05) is 22.1 Å². The monoisotopic (exact) mass is 533 g/mol. The van der Waals surface area contributed by atoms with Crippen molar-refractivity contribution in [3.8, 4) is 0 Å². The number of thioether (sulfide) groups is 1. The summed E-state index contributed by atoms with van der Waals surface area (Å²) in [6, 6.07) is 4.77. The van der Waals surface area contributed by atoms with Crippen LogP contribution in [0.4, 0.5) is 39.1 Å². The molecule has 0 fully saturated rings. The van der Waals surface area contributed by atoms with E-state index in [4.69, 9.17) is 17.3 Å². The number of nitrogen functional groups attached to an aromatic ring is 1. The number of amides is 2. The molecular formula is C20H13ClF5N5O3S. The Morgan fingerprint density at radius 1 is 1.09 bits per heavy atom. The molecule has 0 atom stereocenters. The zero-order valence-electron chi connectivity index (χ0n) is 17.1. The molecule has 2 amide bonds. The number of nitrogens with two attached hydrogens (primary N) is 1. The summed E-state index contributed by atoms with van der Waals surface area (Å²) in [5.41, 5.74) is 2.76. The number of anilines is 3. The zero-order valence-corrected chi connectivity index (χ0v) is 18.7. The summed E-state index contributed by atoms with van der Waals surface area (Å²) in [5, 5.41) is 4.11. The molecule has 0 bridgehead atoms. The number of alkyl halides is 3. The topological polar surface area (TPSA) is 130 Å². The van der Waals surface area contributed by atoms with Crippen molar-refractivity contribution >= 4 is 52.4 Å². The normalized spacial score (nSPS) is 11.3. The van der Waals surface area contributed by atoms with E-state index in [1.54, 1.807) is 0 Å². The molecular weight excluding hydrogens is 521 g/mol. The first kappa shape index (κ1) is 26.0. The van der Waals surface area contributed by atoms with E-state index in [1.165, 1.54) is 0 Å². The molecule has 1 aromatic heterocycles. The molecule has 1 heterocycles. The first-order chi connectivity index (χ1) is 16.3. The maximum atomic E-state index is 13.3. The first-order valence-corrected chi connectivity index (χ1v) is 10.7. The Morgan fingerprint density at radius 3 is 2.43 bits per heavy atom. The number of halogens is 6. The van der Waals surface area contributed by atoms with Gasteiger partial charge in [-0.05, 0) is 36.4 Å². The van der Waals surface area contributed by atoms with Gasteiger partial charge in [0.1, 0.15) is 5.69 Å². The van der Waals surface area contributed by atoms with Gasteiger partial charge in [-0.15, -0.1) is 0 Å². The molecule has 5 N–H and O–H groups in total. The van der Waals surface area contributed by atoms with Crippen LogP contribution >= 0.6 is 23.4 Å². The number of benzene rings is 2. The van der Waals surface area contributed by atoms with Crippen LogP contribution in [0.2, 0.25) is 5.02 Å². The highest BCUT2D eigenvalue weighted by Gasteiger charge is 2.31. The summed E-state index contributed by atoms with van der Waals surface area (Å²) in [4.78, 5) is 42.7. The van der Waals surface area contributed by atoms with Gasteiger partial charge in [0, 0.05) is 5.56 Å². The molecule has 8 nitrogen and oxygen atoms in total. The highest BCUT2D eigenvalue weighted by molar-refractivity contribution is 7.99. The van der Waals surface area contributed by atoms with Gasteiger partial charge in [0.25, 0.3) is 11.5 Å². The summed E-state index contributed by atoms with van der Waals surface area (Å²) in [7, 11) is 0. The molecule has 0 unspecified atom stereocenters. The molecule has 2 aromatic carbocycles. The molecule has 0 saturated carbocycles. The second-order valence-corrected chi connectivity index (χ2v) is 8.11. The quantitative estimate of drug-likeness (QED) is 0.212. The largest absolute Gasteiger partial charge is 0.416 e. The Kier molecular flexibility index (Phi) is 7.65. The second-order valence-electron chi connectivity index (χ2n) is 6.74. The predicted octanol–water partition coefficient (Wildman–Crippen LogP) is 4.29. The fourth-order valence-corrected chi connectivity index (χ4v) is 3.43. The van der Waals surface area contributed by atoms with E-state index >= 15 is 0 Å². The molecule has 0 aliphatic rings. The lowest BCUT2D eigenvalue weighted by atomic mass is 10.2. The minimum absolute atomic E-state index is 0.117. The average Bonchev–Trinajstić information content (AvgIpc) is 2.77. The van der Waals surface area contributed by atoms with Crippen LogP contribution in [-0.4, -0.2) is 27.5 Å². The zero-order chi connectivity index (χ0) is 25.9. The van der Waals surface area contributed by atoms with E-state index in [1.807, 2.05) is 0 Å². The standard InChI is InChI=1S/C20H13ClF5N5O3S/c21-10-3-2-9(20(24,25)26)6-13(10)28-14(32)7-35-19-30-16(27)15(18(34)31-19)29-17(33)8-1-4-11(22)12(23)5-8/h1-6H,7H2,(H,28,32)(H,29,33)(H3,27,30,31,34).